The molecule has 2 atom stereocenters. The molecule has 2 aromatic rings. The molecule has 2 unspecified atom stereocenters. The highest BCUT2D eigenvalue weighted by atomic mass is 16.5. The topological polar surface area (TPSA) is 108 Å². The van der Waals surface area contributed by atoms with Crippen LogP contribution in [0.15, 0.2) is 48.5 Å². The number of hydrogen-bond acceptors (Lipinski definition) is 5. The lowest BCUT2D eigenvalue weighted by Gasteiger charge is -2.46. The minimum atomic E-state index is -0.495. The lowest BCUT2D eigenvalue weighted by atomic mass is 9.81. The molecule has 3 fully saturated rings. The number of para-hydroxylation sites is 2. The first kappa shape index (κ1) is 25.8. The van der Waals surface area contributed by atoms with E-state index in [-0.39, 0.29) is 42.6 Å². The van der Waals surface area contributed by atoms with E-state index in [1.54, 1.807) is 47.4 Å². The summed E-state index contributed by atoms with van der Waals surface area (Å²) in [5.41, 5.74) is 1.80. The summed E-state index contributed by atoms with van der Waals surface area (Å²) in [6.07, 6.45) is 5.49. The van der Waals surface area contributed by atoms with Crippen LogP contribution >= 0.6 is 0 Å². The quantitative estimate of drug-likeness (QED) is 0.524. The number of hydrogen-bond donors (Lipinski definition) is 2. The van der Waals surface area contributed by atoms with E-state index in [1.807, 2.05) is 13.0 Å². The average molecular weight is 519 g/mol. The van der Waals surface area contributed by atoms with Crippen molar-refractivity contribution in [3.63, 3.8) is 0 Å². The van der Waals surface area contributed by atoms with Crippen molar-refractivity contribution in [2.45, 2.75) is 64.0 Å². The molecule has 1 heterocycles. The van der Waals surface area contributed by atoms with Crippen molar-refractivity contribution in [1.82, 2.24) is 10.2 Å². The van der Waals surface area contributed by atoms with Gasteiger partial charge >= 0.3 is 6.03 Å². The second-order valence-corrected chi connectivity index (χ2v) is 10.2. The largest absolute Gasteiger partial charge is 0.492 e. The van der Waals surface area contributed by atoms with Crippen LogP contribution in [0.5, 0.6) is 5.75 Å². The first-order valence-electron chi connectivity index (χ1n) is 13.5. The fraction of sp³-hybridized carbons (Fsp3) is 0.448. The molecule has 0 radical (unpaired) electrons. The van der Waals surface area contributed by atoms with Crippen LogP contribution < -0.4 is 20.3 Å². The predicted molar refractivity (Wildman–Crippen MR) is 143 cm³/mol. The molecule has 2 saturated carbocycles. The average Bonchev–Trinajstić information content (AvgIpc) is 3.73. The van der Waals surface area contributed by atoms with E-state index in [9.17, 15) is 19.2 Å². The molecule has 200 valence electrons. The molecule has 0 spiro atoms. The van der Waals surface area contributed by atoms with Gasteiger partial charge < -0.3 is 20.3 Å². The van der Waals surface area contributed by atoms with Gasteiger partial charge in [0.1, 0.15) is 12.3 Å². The van der Waals surface area contributed by atoms with E-state index in [1.165, 1.54) is 4.90 Å². The van der Waals surface area contributed by atoms with E-state index in [0.29, 0.717) is 42.6 Å². The summed E-state index contributed by atoms with van der Waals surface area (Å²) in [5, 5.41) is 5.84. The van der Waals surface area contributed by atoms with E-state index in [4.69, 9.17) is 4.74 Å². The van der Waals surface area contributed by atoms with Gasteiger partial charge in [0.2, 0.25) is 17.7 Å². The molecule has 2 aromatic carbocycles. The third-order valence-electron chi connectivity index (χ3n) is 7.38. The highest BCUT2D eigenvalue weighted by Gasteiger charge is 2.48. The zero-order valence-corrected chi connectivity index (χ0v) is 21.7. The van der Waals surface area contributed by atoms with Gasteiger partial charge in [0, 0.05) is 12.1 Å². The van der Waals surface area contributed by atoms with Gasteiger partial charge in [0.25, 0.3) is 0 Å². The maximum atomic E-state index is 13.7. The van der Waals surface area contributed by atoms with Crippen LogP contribution in [-0.4, -0.2) is 53.9 Å². The lowest BCUT2D eigenvalue weighted by molar-refractivity contribution is -0.128. The fourth-order valence-corrected chi connectivity index (χ4v) is 5.38. The number of carbonyl (C=O) groups excluding carboxylic acids is 4. The number of benzene rings is 2. The van der Waals surface area contributed by atoms with Crippen molar-refractivity contribution in [3.05, 3.63) is 54.1 Å². The molecule has 3 aliphatic rings. The maximum absolute atomic E-state index is 13.7. The summed E-state index contributed by atoms with van der Waals surface area (Å²) in [6, 6.07) is 13.6. The molecular weight excluding hydrogens is 484 g/mol. The lowest BCUT2D eigenvalue weighted by Crippen LogP contribution is -2.64. The SMILES string of the molecule is CCOc1ccccc1NC(=O)CN1C(=O)N(c2ccc(CC(=O)NC3CC3)cc2)C(=O)C2CCCCC21. The Bertz CT molecular complexity index is 1210. The van der Waals surface area contributed by atoms with Gasteiger partial charge in [-0.25, -0.2) is 9.69 Å². The molecular formula is C29H34N4O5. The Hall–Kier alpha value is -3.88. The van der Waals surface area contributed by atoms with Gasteiger partial charge in [-0.05, 0) is 62.4 Å². The smallest absolute Gasteiger partial charge is 0.332 e. The van der Waals surface area contributed by atoms with Crippen LogP contribution in [0.2, 0.25) is 0 Å². The van der Waals surface area contributed by atoms with Crippen LogP contribution in [-0.2, 0) is 20.8 Å². The number of nitrogens with one attached hydrogen (secondary N) is 2. The molecule has 1 saturated heterocycles. The summed E-state index contributed by atoms with van der Waals surface area (Å²) in [5.74, 6) is -0.391. The van der Waals surface area contributed by atoms with Gasteiger partial charge in [-0.3, -0.25) is 14.4 Å². The summed E-state index contributed by atoms with van der Waals surface area (Å²) in [7, 11) is 0. The van der Waals surface area contributed by atoms with Crippen molar-refractivity contribution >= 4 is 35.1 Å². The zero-order valence-electron chi connectivity index (χ0n) is 21.7. The third-order valence-corrected chi connectivity index (χ3v) is 7.38. The van der Waals surface area contributed by atoms with Gasteiger partial charge in [-0.15, -0.1) is 0 Å². The van der Waals surface area contributed by atoms with Crippen LogP contribution in [0, 0.1) is 5.92 Å². The Labute approximate surface area is 222 Å². The summed E-state index contributed by atoms with van der Waals surface area (Å²) in [6.45, 7) is 2.17. The van der Waals surface area contributed by atoms with Crippen LogP contribution in [0.3, 0.4) is 0 Å². The van der Waals surface area contributed by atoms with Crippen molar-refractivity contribution in [1.29, 1.82) is 0 Å². The maximum Gasteiger partial charge on any atom is 0.332 e. The van der Waals surface area contributed by atoms with Crippen LogP contribution in [0.1, 0.15) is 51.0 Å². The second-order valence-electron chi connectivity index (χ2n) is 10.2. The monoisotopic (exact) mass is 518 g/mol. The van der Waals surface area contributed by atoms with Crippen molar-refractivity contribution in [2.24, 2.45) is 5.92 Å². The van der Waals surface area contributed by atoms with Gasteiger partial charge in [0.05, 0.1) is 30.3 Å². The van der Waals surface area contributed by atoms with Gasteiger partial charge in [0.15, 0.2) is 0 Å². The van der Waals surface area contributed by atoms with E-state index < -0.39 is 6.03 Å². The van der Waals surface area contributed by atoms with Crippen LogP contribution in [0.25, 0.3) is 0 Å². The molecule has 2 aliphatic carbocycles. The molecule has 0 aromatic heterocycles. The number of ether oxygens (including phenoxy) is 1. The third kappa shape index (κ3) is 5.66. The minimum absolute atomic E-state index is 0.0291. The molecule has 9 nitrogen and oxygen atoms in total. The van der Waals surface area contributed by atoms with Crippen molar-refractivity contribution in [3.8, 4) is 5.75 Å². The number of nitrogens with zero attached hydrogens (tertiary/aromatic N) is 2. The molecule has 5 amide bonds. The molecule has 2 N–H and O–H groups in total. The van der Waals surface area contributed by atoms with E-state index >= 15 is 0 Å². The number of rotatable bonds is 9. The molecule has 1 aliphatic heterocycles. The minimum Gasteiger partial charge on any atom is -0.492 e. The fourth-order valence-electron chi connectivity index (χ4n) is 5.38. The first-order valence-corrected chi connectivity index (χ1v) is 13.5. The number of urea groups is 1. The summed E-state index contributed by atoms with van der Waals surface area (Å²) in [4.78, 5) is 55.2. The highest BCUT2D eigenvalue weighted by Crippen LogP contribution is 2.36. The number of fused-ring (bicyclic) bond motifs is 1. The first-order chi connectivity index (χ1) is 18.4. The molecule has 0 bridgehead atoms. The molecule has 38 heavy (non-hydrogen) atoms. The standard InChI is InChI=1S/C29H34N4O5/c1-2-38-25-10-6-4-8-23(25)31-27(35)18-32-24-9-5-3-7-22(24)28(36)33(29(32)37)21-15-11-19(12-16-21)17-26(34)30-20-13-14-20/h4,6,8,10-12,15-16,20,22,24H,2-3,5,7,9,13-14,17-18H2,1H3,(H,30,34)(H,31,35). The van der Waals surface area contributed by atoms with Gasteiger partial charge in [-0.2, -0.15) is 0 Å². The second kappa shape index (κ2) is 11.2. The van der Waals surface area contributed by atoms with Crippen molar-refractivity contribution < 1.29 is 23.9 Å². The zero-order chi connectivity index (χ0) is 26.6. The van der Waals surface area contributed by atoms with E-state index in [2.05, 4.69) is 10.6 Å². The normalized spacial score (nSPS) is 21.1. The molecule has 9 heteroatoms. The molecule has 5 rings (SSSR count). The number of anilines is 2. The Kier molecular flexibility index (Phi) is 7.62. The Morgan fingerprint density at radius 2 is 1.68 bits per heavy atom. The Morgan fingerprint density at radius 1 is 0.947 bits per heavy atom. The Morgan fingerprint density at radius 3 is 2.42 bits per heavy atom. The van der Waals surface area contributed by atoms with E-state index in [0.717, 1.165) is 31.2 Å². The Balaban J connectivity index is 1.33. The number of carbonyl (C=O) groups is 4. The van der Waals surface area contributed by atoms with Gasteiger partial charge in [-0.1, -0.05) is 37.1 Å². The number of amides is 5. The number of imide groups is 1. The van der Waals surface area contributed by atoms with Crippen LogP contribution in [0.4, 0.5) is 16.2 Å². The predicted octanol–water partition coefficient (Wildman–Crippen LogP) is 3.87. The summed E-state index contributed by atoms with van der Waals surface area (Å²) >= 11 is 0. The van der Waals surface area contributed by atoms with Crippen molar-refractivity contribution in [2.75, 3.05) is 23.4 Å². The highest BCUT2D eigenvalue weighted by molar-refractivity contribution is 6.17. The summed E-state index contributed by atoms with van der Waals surface area (Å²) < 4.78 is 5.61.